The number of nitrogens with zero attached hydrogens (tertiary/aromatic N) is 1. The molecule has 5 heteroatoms. The van der Waals surface area contributed by atoms with Gasteiger partial charge in [-0.1, -0.05) is 6.07 Å². The Morgan fingerprint density at radius 3 is 2.71 bits per heavy atom. The molecule has 0 radical (unpaired) electrons. The third kappa shape index (κ3) is 4.50. The molecular formula is C12H17FN2O2. The molecule has 0 amide bonds. The summed E-state index contributed by atoms with van der Waals surface area (Å²) < 4.78 is 13.3. The van der Waals surface area contributed by atoms with Gasteiger partial charge in [0.2, 0.25) is 0 Å². The second-order valence-corrected chi connectivity index (χ2v) is 4.10. The molecule has 1 rings (SSSR count). The van der Waals surface area contributed by atoms with Crippen molar-refractivity contribution in [3.63, 3.8) is 0 Å². The normalized spacial score (nSPS) is 10.8. The van der Waals surface area contributed by atoms with Crippen molar-refractivity contribution in [1.82, 2.24) is 10.2 Å². The van der Waals surface area contributed by atoms with Crippen LogP contribution in [0.5, 0.6) is 0 Å². The number of halogens is 1. The summed E-state index contributed by atoms with van der Waals surface area (Å²) in [5.74, 6) is -1.93. The fourth-order valence-corrected chi connectivity index (χ4v) is 1.38. The number of hydrogen-bond acceptors (Lipinski definition) is 3. The van der Waals surface area contributed by atoms with Crippen LogP contribution in [0.3, 0.4) is 0 Å². The molecule has 0 saturated carbocycles. The lowest BCUT2D eigenvalue weighted by atomic mass is 10.1. The number of nitrogens with one attached hydrogen (secondary N) is 1. The fourth-order valence-electron chi connectivity index (χ4n) is 1.38. The lowest BCUT2D eigenvalue weighted by molar-refractivity contribution is 0.0692. The average Bonchev–Trinajstić information content (AvgIpc) is 2.23. The van der Waals surface area contributed by atoms with E-state index in [2.05, 4.69) is 5.32 Å². The standard InChI is InChI=1S/C12H17FN2O2/c1-15(2)6-5-14-8-9-3-4-10(12(16)17)11(13)7-9/h3-4,7,14H,5-6,8H2,1-2H3,(H,16,17). The van der Waals surface area contributed by atoms with E-state index in [1.165, 1.54) is 12.1 Å². The van der Waals surface area contributed by atoms with Crippen molar-refractivity contribution in [1.29, 1.82) is 0 Å². The summed E-state index contributed by atoms with van der Waals surface area (Å²) >= 11 is 0. The van der Waals surface area contributed by atoms with Crippen LogP contribution in [0.15, 0.2) is 18.2 Å². The molecule has 0 aromatic heterocycles. The van der Waals surface area contributed by atoms with Gasteiger partial charge in [-0.3, -0.25) is 0 Å². The minimum absolute atomic E-state index is 0.290. The van der Waals surface area contributed by atoms with Crippen molar-refractivity contribution in [2.24, 2.45) is 0 Å². The smallest absolute Gasteiger partial charge is 0.338 e. The summed E-state index contributed by atoms with van der Waals surface area (Å²) in [5.41, 5.74) is 0.452. The quantitative estimate of drug-likeness (QED) is 0.733. The molecular weight excluding hydrogens is 223 g/mol. The maximum atomic E-state index is 13.3. The van der Waals surface area contributed by atoms with E-state index < -0.39 is 11.8 Å². The summed E-state index contributed by atoms with van der Waals surface area (Å²) in [6.45, 7) is 2.23. The van der Waals surface area contributed by atoms with E-state index in [1.807, 2.05) is 19.0 Å². The number of aromatic carboxylic acids is 1. The Morgan fingerprint density at radius 1 is 1.47 bits per heavy atom. The third-order valence-corrected chi connectivity index (χ3v) is 2.33. The highest BCUT2D eigenvalue weighted by Crippen LogP contribution is 2.10. The van der Waals surface area contributed by atoms with E-state index in [0.29, 0.717) is 6.54 Å². The Labute approximate surface area is 100 Å². The number of carboxylic acids is 1. The monoisotopic (exact) mass is 240 g/mol. The van der Waals surface area contributed by atoms with Crippen molar-refractivity contribution < 1.29 is 14.3 Å². The van der Waals surface area contributed by atoms with Gasteiger partial charge in [-0.25, -0.2) is 9.18 Å². The van der Waals surface area contributed by atoms with Crippen LogP contribution in [0.2, 0.25) is 0 Å². The number of carboxylic acid groups (broad SMARTS) is 1. The zero-order valence-corrected chi connectivity index (χ0v) is 10.0. The van der Waals surface area contributed by atoms with Crippen molar-refractivity contribution >= 4 is 5.97 Å². The largest absolute Gasteiger partial charge is 0.478 e. The van der Waals surface area contributed by atoms with E-state index >= 15 is 0 Å². The SMILES string of the molecule is CN(C)CCNCc1ccc(C(=O)O)c(F)c1. The Hall–Kier alpha value is -1.46. The first-order chi connectivity index (χ1) is 8.00. The van der Waals surface area contributed by atoms with E-state index in [9.17, 15) is 9.18 Å². The van der Waals surface area contributed by atoms with Crippen LogP contribution in [0.25, 0.3) is 0 Å². The molecule has 1 aromatic rings. The molecule has 17 heavy (non-hydrogen) atoms. The van der Waals surface area contributed by atoms with Gasteiger partial charge in [0.1, 0.15) is 5.82 Å². The number of likely N-dealkylation sites (N-methyl/N-ethyl adjacent to an activating group) is 1. The summed E-state index contributed by atoms with van der Waals surface area (Å²) in [6, 6.07) is 4.17. The molecule has 0 bridgehead atoms. The molecule has 4 nitrogen and oxygen atoms in total. The van der Waals surface area contributed by atoms with Crippen molar-refractivity contribution in [3.8, 4) is 0 Å². The molecule has 0 spiro atoms. The van der Waals surface area contributed by atoms with Crippen LogP contribution in [-0.4, -0.2) is 43.2 Å². The Morgan fingerprint density at radius 2 is 2.18 bits per heavy atom. The topological polar surface area (TPSA) is 52.6 Å². The van der Waals surface area contributed by atoms with Gasteiger partial charge in [-0.05, 0) is 31.8 Å². The van der Waals surface area contributed by atoms with Crippen molar-refractivity contribution in [2.45, 2.75) is 6.54 Å². The average molecular weight is 240 g/mol. The fraction of sp³-hybridized carbons (Fsp3) is 0.417. The number of benzene rings is 1. The van der Waals surface area contributed by atoms with Gasteiger partial charge in [0.25, 0.3) is 0 Å². The number of rotatable bonds is 6. The predicted octanol–water partition coefficient (Wildman–Crippen LogP) is 1.18. The predicted molar refractivity (Wildman–Crippen MR) is 63.6 cm³/mol. The maximum Gasteiger partial charge on any atom is 0.338 e. The maximum absolute atomic E-state index is 13.3. The number of hydrogen-bond donors (Lipinski definition) is 2. The zero-order chi connectivity index (χ0) is 12.8. The van der Waals surface area contributed by atoms with Crippen LogP contribution in [0, 0.1) is 5.82 Å². The van der Waals surface area contributed by atoms with E-state index in [1.54, 1.807) is 6.07 Å². The summed E-state index contributed by atoms with van der Waals surface area (Å²) in [5, 5.41) is 11.8. The van der Waals surface area contributed by atoms with Crippen molar-refractivity contribution in [3.05, 3.63) is 35.1 Å². The Bertz CT molecular complexity index is 394. The molecule has 0 heterocycles. The lowest BCUT2D eigenvalue weighted by Gasteiger charge is -2.10. The first-order valence-electron chi connectivity index (χ1n) is 5.38. The molecule has 0 fully saturated rings. The molecule has 2 N–H and O–H groups in total. The zero-order valence-electron chi connectivity index (χ0n) is 10.0. The van der Waals surface area contributed by atoms with Gasteiger partial charge < -0.3 is 15.3 Å². The van der Waals surface area contributed by atoms with Crippen LogP contribution in [0.4, 0.5) is 4.39 Å². The van der Waals surface area contributed by atoms with Crippen LogP contribution >= 0.6 is 0 Å². The van der Waals surface area contributed by atoms with E-state index in [0.717, 1.165) is 18.7 Å². The lowest BCUT2D eigenvalue weighted by Crippen LogP contribution is -2.26. The van der Waals surface area contributed by atoms with Gasteiger partial charge in [-0.15, -0.1) is 0 Å². The van der Waals surface area contributed by atoms with Crippen LogP contribution in [0.1, 0.15) is 15.9 Å². The minimum Gasteiger partial charge on any atom is -0.478 e. The molecule has 0 saturated heterocycles. The molecule has 0 aliphatic carbocycles. The molecule has 0 aliphatic heterocycles. The number of carbonyl (C=O) groups is 1. The Kier molecular flexibility index (Phi) is 5.06. The van der Waals surface area contributed by atoms with Gasteiger partial charge in [0.15, 0.2) is 0 Å². The molecule has 0 atom stereocenters. The highest BCUT2D eigenvalue weighted by atomic mass is 19.1. The van der Waals surface area contributed by atoms with Crippen molar-refractivity contribution in [2.75, 3.05) is 27.2 Å². The van der Waals surface area contributed by atoms with Gasteiger partial charge in [0, 0.05) is 19.6 Å². The Balaban J connectivity index is 2.50. The van der Waals surface area contributed by atoms with E-state index in [4.69, 9.17) is 5.11 Å². The van der Waals surface area contributed by atoms with Crippen LogP contribution < -0.4 is 5.32 Å². The second-order valence-electron chi connectivity index (χ2n) is 4.10. The first-order valence-corrected chi connectivity index (χ1v) is 5.38. The molecule has 0 aliphatic rings. The van der Waals surface area contributed by atoms with Gasteiger partial charge >= 0.3 is 5.97 Å². The van der Waals surface area contributed by atoms with E-state index in [-0.39, 0.29) is 5.56 Å². The highest BCUT2D eigenvalue weighted by molar-refractivity contribution is 5.87. The molecule has 1 aromatic carbocycles. The third-order valence-electron chi connectivity index (χ3n) is 2.33. The second kappa shape index (κ2) is 6.32. The summed E-state index contributed by atoms with van der Waals surface area (Å²) in [7, 11) is 3.95. The molecule has 0 unspecified atom stereocenters. The summed E-state index contributed by atoms with van der Waals surface area (Å²) in [4.78, 5) is 12.7. The minimum atomic E-state index is -1.24. The van der Waals surface area contributed by atoms with Gasteiger partial charge in [0.05, 0.1) is 5.56 Å². The first kappa shape index (κ1) is 13.6. The summed E-state index contributed by atoms with van der Waals surface area (Å²) in [6.07, 6.45) is 0. The van der Waals surface area contributed by atoms with Crippen LogP contribution in [-0.2, 0) is 6.54 Å². The molecule has 94 valence electrons. The highest BCUT2D eigenvalue weighted by Gasteiger charge is 2.09. The van der Waals surface area contributed by atoms with Gasteiger partial charge in [-0.2, -0.15) is 0 Å².